The lowest BCUT2D eigenvalue weighted by Gasteiger charge is -2.40. The number of nitrogens with zero attached hydrogens (tertiary/aromatic N) is 2. The van der Waals surface area contributed by atoms with Crippen LogP contribution in [0.5, 0.6) is 5.75 Å². The number of carboxylic acids is 1. The first kappa shape index (κ1) is 28.1. The summed E-state index contributed by atoms with van der Waals surface area (Å²) in [7, 11) is 0. The minimum atomic E-state index is -0.929. The van der Waals surface area contributed by atoms with Crippen LogP contribution in [0.25, 0.3) is 11.1 Å². The Kier molecular flexibility index (Phi) is 8.53. The first-order chi connectivity index (χ1) is 18.5. The molecule has 3 aromatic rings. The van der Waals surface area contributed by atoms with Crippen LogP contribution in [-0.4, -0.2) is 41.7 Å². The van der Waals surface area contributed by atoms with Crippen molar-refractivity contribution in [2.24, 2.45) is 5.41 Å². The van der Waals surface area contributed by atoms with E-state index in [0.717, 1.165) is 42.7 Å². The molecule has 1 aromatic heterocycles. The van der Waals surface area contributed by atoms with Gasteiger partial charge in [0.2, 0.25) is 5.91 Å². The zero-order valence-corrected chi connectivity index (χ0v) is 23.0. The summed E-state index contributed by atoms with van der Waals surface area (Å²) < 4.78 is 19.1. The number of ether oxygens (including phenoxy) is 1. The third kappa shape index (κ3) is 7.13. The summed E-state index contributed by atoms with van der Waals surface area (Å²) in [6.07, 6.45) is 2.42. The number of aryl methyl sites for hydroxylation is 1. The van der Waals surface area contributed by atoms with Gasteiger partial charge in [-0.3, -0.25) is 9.59 Å². The Morgan fingerprint density at radius 1 is 1.08 bits per heavy atom. The molecule has 0 saturated carbocycles. The Labute approximate surface area is 229 Å². The second-order valence-electron chi connectivity index (χ2n) is 10.9. The largest absolute Gasteiger partial charge is 0.493 e. The monoisotopic (exact) mass is 533 g/mol. The van der Waals surface area contributed by atoms with Crippen molar-refractivity contribution in [2.75, 3.05) is 29.9 Å². The fourth-order valence-corrected chi connectivity index (χ4v) is 4.96. The highest BCUT2D eigenvalue weighted by atomic mass is 19.1. The van der Waals surface area contributed by atoms with Gasteiger partial charge in [-0.25, -0.2) is 9.37 Å². The summed E-state index contributed by atoms with van der Waals surface area (Å²) in [5.74, 6) is -0.353. The van der Waals surface area contributed by atoms with E-state index >= 15 is 0 Å². The van der Waals surface area contributed by atoms with Crippen molar-refractivity contribution < 1.29 is 23.8 Å². The summed E-state index contributed by atoms with van der Waals surface area (Å²) in [4.78, 5) is 30.9. The number of amides is 1. The third-order valence-electron chi connectivity index (χ3n) is 7.25. The summed E-state index contributed by atoms with van der Waals surface area (Å²) >= 11 is 0. The molecule has 1 saturated heterocycles. The number of piperidine rings is 1. The van der Waals surface area contributed by atoms with Crippen molar-refractivity contribution in [2.45, 2.75) is 53.4 Å². The molecule has 0 atom stereocenters. The van der Waals surface area contributed by atoms with Crippen molar-refractivity contribution in [1.82, 2.24) is 4.98 Å². The number of rotatable bonds is 9. The van der Waals surface area contributed by atoms with Gasteiger partial charge < -0.3 is 20.1 Å². The van der Waals surface area contributed by atoms with Crippen molar-refractivity contribution in [3.63, 3.8) is 0 Å². The van der Waals surface area contributed by atoms with Gasteiger partial charge in [-0.15, -0.1) is 0 Å². The van der Waals surface area contributed by atoms with Crippen LogP contribution >= 0.6 is 0 Å². The molecular formula is C31H36FN3O4. The van der Waals surface area contributed by atoms with Crippen LogP contribution in [-0.2, 0) is 22.4 Å². The number of aromatic nitrogens is 1. The number of hydrogen-bond acceptors (Lipinski definition) is 5. The van der Waals surface area contributed by atoms with Crippen LogP contribution in [0, 0.1) is 18.2 Å². The molecule has 8 heteroatoms. The number of carbonyl (C=O) groups excluding carboxylic acids is 1. The zero-order chi connectivity index (χ0) is 28.2. The maximum Gasteiger partial charge on any atom is 0.307 e. The van der Waals surface area contributed by atoms with E-state index in [2.05, 4.69) is 29.0 Å². The molecule has 0 bridgehead atoms. The van der Waals surface area contributed by atoms with Crippen LogP contribution in [0.1, 0.15) is 50.4 Å². The quantitative estimate of drug-likeness (QED) is 0.349. The molecule has 7 nitrogen and oxygen atoms in total. The fraction of sp³-hybridized carbons (Fsp3) is 0.387. The van der Waals surface area contributed by atoms with Crippen LogP contribution in [0.3, 0.4) is 0 Å². The van der Waals surface area contributed by atoms with Crippen LogP contribution < -0.4 is 15.0 Å². The molecule has 0 unspecified atom stereocenters. The number of aliphatic carboxylic acids is 1. The molecule has 0 radical (unpaired) electrons. The lowest BCUT2D eigenvalue weighted by Crippen LogP contribution is -2.38. The minimum absolute atomic E-state index is 0.161. The van der Waals surface area contributed by atoms with Crippen molar-refractivity contribution in [1.29, 1.82) is 0 Å². The standard InChI is InChI=1S/C31H36FN3O4/c1-20-26(19-27(37)38)29(35-16-14-31(3,4)15-17-35)28(30(33-20)34-21(2)36)23-7-11-25(12-8-23)39-18-13-22-5-9-24(32)10-6-22/h5-12H,13-19H2,1-4H3,(H,37,38)(H,33,34,36). The maximum absolute atomic E-state index is 13.1. The van der Waals surface area contributed by atoms with Gasteiger partial charge in [-0.2, -0.15) is 0 Å². The van der Waals surface area contributed by atoms with Crippen LogP contribution in [0.15, 0.2) is 48.5 Å². The van der Waals surface area contributed by atoms with Crippen molar-refractivity contribution in [3.05, 3.63) is 71.2 Å². The summed E-state index contributed by atoms with van der Waals surface area (Å²) in [5.41, 5.74) is 4.77. The molecule has 1 fully saturated rings. The lowest BCUT2D eigenvalue weighted by atomic mass is 9.82. The lowest BCUT2D eigenvalue weighted by molar-refractivity contribution is -0.136. The van der Waals surface area contributed by atoms with E-state index in [1.807, 2.05) is 24.3 Å². The van der Waals surface area contributed by atoms with Crippen LogP contribution in [0.4, 0.5) is 15.9 Å². The summed E-state index contributed by atoms with van der Waals surface area (Å²) in [6, 6.07) is 13.9. The number of halogens is 1. The highest BCUT2D eigenvalue weighted by molar-refractivity contribution is 5.98. The van der Waals surface area contributed by atoms with Crippen LogP contribution in [0.2, 0.25) is 0 Å². The Bertz CT molecular complexity index is 1330. The number of carbonyl (C=O) groups is 2. The average molecular weight is 534 g/mol. The van der Waals surface area contributed by atoms with E-state index in [1.54, 1.807) is 19.1 Å². The predicted molar refractivity (Wildman–Crippen MR) is 151 cm³/mol. The van der Waals surface area contributed by atoms with Gasteiger partial charge in [0.25, 0.3) is 0 Å². The molecule has 0 spiro atoms. The minimum Gasteiger partial charge on any atom is -0.493 e. The third-order valence-corrected chi connectivity index (χ3v) is 7.25. The maximum atomic E-state index is 13.1. The average Bonchev–Trinajstić information content (AvgIpc) is 2.87. The number of nitrogens with one attached hydrogen (secondary N) is 1. The molecule has 4 rings (SSSR count). The Hall–Kier alpha value is -3.94. The molecule has 206 valence electrons. The molecule has 1 aliphatic heterocycles. The predicted octanol–water partition coefficient (Wildman–Crippen LogP) is 6.03. The Balaban J connectivity index is 1.69. The van der Waals surface area contributed by atoms with E-state index in [-0.39, 0.29) is 23.6 Å². The Morgan fingerprint density at radius 3 is 2.31 bits per heavy atom. The first-order valence-corrected chi connectivity index (χ1v) is 13.3. The van der Waals surface area contributed by atoms with Crippen molar-refractivity contribution in [3.8, 4) is 16.9 Å². The molecular weight excluding hydrogens is 497 g/mol. The van der Waals surface area contributed by atoms with Crippen molar-refractivity contribution >= 4 is 23.4 Å². The van der Waals surface area contributed by atoms with E-state index in [9.17, 15) is 19.1 Å². The smallest absolute Gasteiger partial charge is 0.307 e. The second-order valence-corrected chi connectivity index (χ2v) is 10.9. The molecule has 1 aliphatic rings. The second kappa shape index (κ2) is 11.8. The molecule has 2 heterocycles. The summed E-state index contributed by atoms with van der Waals surface area (Å²) in [6.45, 7) is 9.72. The highest BCUT2D eigenvalue weighted by Gasteiger charge is 2.31. The number of anilines is 2. The Morgan fingerprint density at radius 2 is 1.72 bits per heavy atom. The molecule has 2 aromatic carbocycles. The normalized spacial score (nSPS) is 14.6. The SMILES string of the molecule is CC(=O)Nc1nc(C)c(CC(=O)O)c(N2CCC(C)(C)CC2)c1-c1ccc(OCCc2ccc(F)cc2)cc1. The number of pyridine rings is 1. The van der Waals surface area contributed by atoms with Gasteiger partial charge in [0.05, 0.1) is 18.7 Å². The fourth-order valence-electron chi connectivity index (χ4n) is 4.96. The zero-order valence-electron chi connectivity index (χ0n) is 23.0. The van der Waals surface area contributed by atoms with Gasteiger partial charge in [0, 0.05) is 43.3 Å². The van der Waals surface area contributed by atoms with Gasteiger partial charge in [0.1, 0.15) is 17.4 Å². The first-order valence-electron chi connectivity index (χ1n) is 13.3. The van der Waals surface area contributed by atoms with Gasteiger partial charge in [-0.05, 0) is 60.6 Å². The number of benzene rings is 2. The van der Waals surface area contributed by atoms with Gasteiger partial charge >= 0.3 is 5.97 Å². The molecule has 0 aliphatic carbocycles. The van der Waals surface area contributed by atoms with E-state index < -0.39 is 5.97 Å². The topological polar surface area (TPSA) is 91.8 Å². The van der Waals surface area contributed by atoms with Gasteiger partial charge in [-0.1, -0.05) is 38.1 Å². The number of hydrogen-bond donors (Lipinski definition) is 2. The molecule has 39 heavy (non-hydrogen) atoms. The molecule has 2 N–H and O–H groups in total. The van der Waals surface area contributed by atoms with Gasteiger partial charge in [0.15, 0.2) is 0 Å². The number of carboxylic acid groups (broad SMARTS) is 1. The highest BCUT2D eigenvalue weighted by Crippen LogP contribution is 2.43. The summed E-state index contributed by atoms with van der Waals surface area (Å²) in [5, 5.41) is 12.6. The van der Waals surface area contributed by atoms with E-state index in [1.165, 1.54) is 19.1 Å². The van der Waals surface area contributed by atoms with E-state index in [4.69, 9.17) is 4.74 Å². The molecule has 1 amide bonds. The van der Waals surface area contributed by atoms with E-state index in [0.29, 0.717) is 41.4 Å².